The molecule has 1 aliphatic rings. The largest absolute Gasteiger partial charge is 0.462 e. The van der Waals surface area contributed by atoms with E-state index in [1.54, 1.807) is 6.92 Å². The third-order valence-electron chi connectivity index (χ3n) is 5.76. The molecule has 10 heteroatoms. The van der Waals surface area contributed by atoms with Gasteiger partial charge >= 0.3 is 12.0 Å². The van der Waals surface area contributed by atoms with Crippen molar-refractivity contribution in [2.24, 2.45) is 0 Å². The number of urea groups is 1. The summed E-state index contributed by atoms with van der Waals surface area (Å²) < 4.78 is 31.7. The van der Waals surface area contributed by atoms with Crippen molar-refractivity contribution in [3.63, 3.8) is 0 Å². The van der Waals surface area contributed by atoms with Gasteiger partial charge in [-0.25, -0.2) is 23.3 Å². The van der Waals surface area contributed by atoms with Crippen LogP contribution in [0.1, 0.15) is 29.3 Å². The quantitative estimate of drug-likeness (QED) is 0.375. The minimum absolute atomic E-state index is 0.0906. The predicted molar refractivity (Wildman–Crippen MR) is 131 cm³/mol. The summed E-state index contributed by atoms with van der Waals surface area (Å²) in [5, 5.41) is 2.61. The average molecular weight is 507 g/mol. The highest BCUT2D eigenvalue weighted by atomic mass is 19.1. The van der Waals surface area contributed by atoms with Crippen LogP contribution in [-0.4, -0.2) is 41.4 Å². The van der Waals surface area contributed by atoms with Crippen molar-refractivity contribution in [2.45, 2.75) is 25.9 Å². The summed E-state index contributed by atoms with van der Waals surface area (Å²) in [4.78, 5) is 53.6. The molecule has 37 heavy (non-hydrogen) atoms. The van der Waals surface area contributed by atoms with E-state index in [2.05, 4.69) is 5.32 Å². The normalized spacial score (nSPS) is 15.0. The van der Waals surface area contributed by atoms with Crippen molar-refractivity contribution < 1.29 is 32.7 Å². The van der Waals surface area contributed by atoms with E-state index >= 15 is 0 Å². The maximum Gasteiger partial charge on any atom is 0.338 e. The number of anilines is 2. The van der Waals surface area contributed by atoms with Crippen LogP contribution in [0.2, 0.25) is 0 Å². The third-order valence-corrected chi connectivity index (χ3v) is 5.76. The van der Waals surface area contributed by atoms with Crippen LogP contribution in [0.15, 0.2) is 72.8 Å². The number of esters is 1. The van der Waals surface area contributed by atoms with Crippen LogP contribution in [-0.2, 0) is 20.9 Å². The minimum atomic E-state index is -1.15. The highest BCUT2D eigenvalue weighted by Gasteiger charge is 2.44. The molecule has 0 radical (unpaired) electrons. The van der Waals surface area contributed by atoms with Gasteiger partial charge in [0, 0.05) is 12.2 Å². The molecule has 1 heterocycles. The molecular weight excluding hydrogens is 484 g/mol. The Kier molecular flexibility index (Phi) is 7.57. The first-order chi connectivity index (χ1) is 17.8. The zero-order valence-corrected chi connectivity index (χ0v) is 19.8. The summed E-state index contributed by atoms with van der Waals surface area (Å²) in [5.74, 6) is -2.64. The molecule has 3 aromatic rings. The summed E-state index contributed by atoms with van der Waals surface area (Å²) in [6.45, 7) is 1.79. The zero-order valence-electron chi connectivity index (χ0n) is 19.8. The maximum absolute atomic E-state index is 13.4. The molecular formula is C27H23F2N3O5. The highest BCUT2D eigenvalue weighted by molar-refractivity contribution is 6.23. The molecule has 1 fully saturated rings. The second-order valence-corrected chi connectivity index (χ2v) is 8.25. The lowest BCUT2D eigenvalue weighted by atomic mass is 10.1. The van der Waals surface area contributed by atoms with Crippen LogP contribution < -0.4 is 10.2 Å². The lowest BCUT2D eigenvalue weighted by Crippen LogP contribution is -2.46. The third kappa shape index (κ3) is 5.80. The van der Waals surface area contributed by atoms with Crippen LogP contribution in [0.4, 0.5) is 25.0 Å². The van der Waals surface area contributed by atoms with E-state index in [4.69, 9.17) is 4.74 Å². The van der Waals surface area contributed by atoms with Crippen molar-refractivity contribution in [1.29, 1.82) is 0 Å². The number of imide groups is 1. The van der Waals surface area contributed by atoms with E-state index in [0.29, 0.717) is 11.3 Å². The van der Waals surface area contributed by atoms with E-state index in [1.165, 1.54) is 77.7 Å². The number of hydrogen-bond acceptors (Lipinski definition) is 5. The lowest BCUT2D eigenvalue weighted by molar-refractivity contribution is -0.122. The monoisotopic (exact) mass is 507 g/mol. The first kappa shape index (κ1) is 25.5. The van der Waals surface area contributed by atoms with E-state index < -0.39 is 41.5 Å². The zero-order chi connectivity index (χ0) is 26.5. The molecule has 1 atom stereocenters. The highest BCUT2D eigenvalue weighted by Crippen LogP contribution is 2.28. The molecule has 8 nitrogen and oxygen atoms in total. The fourth-order valence-electron chi connectivity index (χ4n) is 3.93. The van der Waals surface area contributed by atoms with Crippen molar-refractivity contribution in [1.82, 2.24) is 4.90 Å². The number of carbonyl (C=O) groups excluding carboxylic acids is 4. The molecule has 0 spiro atoms. The predicted octanol–water partition coefficient (Wildman–Crippen LogP) is 4.51. The van der Waals surface area contributed by atoms with Crippen molar-refractivity contribution in [3.8, 4) is 0 Å². The molecule has 0 saturated carbocycles. The lowest BCUT2D eigenvalue weighted by Gasteiger charge is -2.28. The molecule has 0 aromatic heterocycles. The van der Waals surface area contributed by atoms with Crippen molar-refractivity contribution in [3.05, 3.63) is 95.6 Å². The van der Waals surface area contributed by atoms with Gasteiger partial charge in [0.1, 0.15) is 17.7 Å². The van der Waals surface area contributed by atoms with Crippen LogP contribution in [0.5, 0.6) is 0 Å². The number of nitrogens with zero attached hydrogens (tertiary/aromatic N) is 2. The van der Waals surface area contributed by atoms with Crippen LogP contribution in [0.25, 0.3) is 0 Å². The Bertz CT molecular complexity index is 1310. The maximum atomic E-state index is 13.4. The van der Waals surface area contributed by atoms with E-state index in [0.717, 1.165) is 4.90 Å². The Balaban J connectivity index is 1.59. The van der Waals surface area contributed by atoms with Crippen LogP contribution >= 0.6 is 0 Å². The molecule has 3 aromatic carbocycles. The van der Waals surface area contributed by atoms with Crippen LogP contribution in [0.3, 0.4) is 0 Å². The fraction of sp³-hybridized carbons (Fsp3) is 0.185. The van der Waals surface area contributed by atoms with Gasteiger partial charge in [-0.05, 0) is 73.2 Å². The topological polar surface area (TPSA) is 96.0 Å². The van der Waals surface area contributed by atoms with Gasteiger partial charge in [-0.3, -0.25) is 9.59 Å². The van der Waals surface area contributed by atoms with Gasteiger partial charge < -0.3 is 15.0 Å². The van der Waals surface area contributed by atoms with Gasteiger partial charge in [-0.15, -0.1) is 0 Å². The molecule has 0 unspecified atom stereocenters. The molecule has 190 valence electrons. The summed E-state index contributed by atoms with van der Waals surface area (Å²) in [5.41, 5.74) is 1.33. The number of benzene rings is 3. The minimum Gasteiger partial charge on any atom is -0.462 e. The van der Waals surface area contributed by atoms with Crippen molar-refractivity contribution >= 4 is 35.2 Å². The number of hydrogen-bond donors (Lipinski definition) is 1. The summed E-state index contributed by atoms with van der Waals surface area (Å²) in [7, 11) is 0. The van der Waals surface area contributed by atoms with E-state index in [1.807, 2.05) is 0 Å². The first-order valence-corrected chi connectivity index (χ1v) is 11.5. The smallest absolute Gasteiger partial charge is 0.338 e. The number of nitrogens with one attached hydrogen (secondary N) is 1. The number of amides is 4. The molecule has 1 N–H and O–H groups in total. The van der Waals surface area contributed by atoms with Crippen LogP contribution in [0, 0.1) is 11.6 Å². The number of halogens is 2. The molecule has 0 bridgehead atoms. The average Bonchev–Trinajstić information content (AvgIpc) is 3.18. The Hall–Kier alpha value is -4.60. The molecule has 1 saturated heterocycles. The number of rotatable bonds is 7. The Morgan fingerprint density at radius 1 is 0.946 bits per heavy atom. The summed E-state index contributed by atoms with van der Waals surface area (Å²) in [6.07, 6.45) is -0.281. The van der Waals surface area contributed by atoms with Gasteiger partial charge in [0.15, 0.2) is 0 Å². The first-order valence-electron chi connectivity index (χ1n) is 11.5. The van der Waals surface area contributed by atoms with Gasteiger partial charge in [0.25, 0.3) is 5.91 Å². The SMILES string of the molecule is CCOC(=O)c1ccc(N2C(=O)C[C@H](N(Cc3ccc(F)cc3)C(=O)Nc3ccc(F)cc3)C2=O)cc1. The molecule has 4 rings (SSSR count). The van der Waals surface area contributed by atoms with Gasteiger partial charge in [-0.1, -0.05) is 12.1 Å². The summed E-state index contributed by atoms with van der Waals surface area (Å²) in [6, 6.07) is 14.4. The van der Waals surface area contributed by atoms with Gasteiger partial charge in [-0.2, -0.15) is 0 Å². The Morgan fingerprint density at radius 2 is 1.54 bits per heavy atom. The Labute approximate surface area is 211 Å². The second kappa shape index (κ2) is 11.0. The molecule has 1 aliphatic heterocycles. The van der Waals surface area contributed by atoms with E-state index in [-0.39, 0.29) is 30.8 Å². The van der Waals surface area contributed by atoms with E-state index in [9.17, 15) is 28.0 Å². The summed E-state index contributed by atoms with van der Waals surface area (Å²) >= 11 is 0. The number of carbonyl (C=O) groups is 4. The Morgan fingerprint density at radius 3 is 2.14 bits per heavy atom. The molecule has 4 amide bonds. The fourth-order valence-corrected chi connectivity index (χ4v) is 3.93. The van der Waals surface area contributed by atoms with Gasteiger partial charge in [0.05, 0.1) is 24.3 Å². The van der Waals surface area contributed by atoms with Crippen molar-refractivity contribution in [2.75, 3.05) is 16.8 Å². The second-order valence-electron chi connectivity index (χ2n) is 8.25. The standard InChI is InChI=1S/C27H23F2N3O5/c1-2-37-26(35)18-5-13-22(14-6-18)32-24(33)15-23(25(32)34)31(16-17-3-7-19(28)8-4-17)27(36)30-21-11-9-20(29)10-12-21/h3-14,23H,2,15-16H2,1H3,(H,30,36)/t23-/m0/s1. The van der Waals surface area contributed by atoms with Gasteiger partial charge in [0.2, 0.25) is 5.91 Å². The molecule has 0 aliphatic carbocycles. The number of ether oxygens (including phenoxy) is 1.